The first-order chi connectivity index (χ1) is 11.7. The minimum Gasteiger partial charge on any atom is -0.419 e. The van der Waals surface area contributed by atoms with Crippen molar-refractivity contribution in [1.29, 1.82) is 0 Å². The summed E-state index contributed by atoms with van der Waals surface area (Å²) < 4.78 is 11.3. The average molecular weight is 361 g/mol. The van der Waals surface area contributed by atoms with E-state index in [9.17, 15) is 0 Å². The molecule has 9 heteroatoms. The Hall–Kier alpha value is -2.26. The van der Waals surface area contributed by atoms with Crippen molar-refractivity contribution in [1.82, 2.24) is 25.7 Å². The van der Waals surface area contributed by atoms with Gasteiger partial charge in [0.2, 0.25) is 5.89 Å². The van der Waals surface area contributed by atoms with E-state index in [0.29, 0.717) is 36.2 Å². The van der Waals surface area contributed by atoms with Crippen molar-refractivity contribution >= 4 is 28.3 Å². The third-order valence-electron chi connectivity index (χ3n) is 3.02. The van der Waals surface area contributed by atoms with Crippen LogP contribution in [0.15, 0.2) is 39.5 Å². The number of aromatic nitrogens is 4. The fraction of sp³-hybridized carbons (Fsp3) is 0.267. The van der Waals surface area contributed by atoms with Crippen LogP contribution in [0.25, 0.3) is 11.6 Å². The van der Waals surface area contributed by atoms with Gasteiger partial charge in [-0.3, -0.25) is 4.98 Å². The molecule has 7 nitrogen and oxygen atoms in total. The highest BCUT2D eigenvalue weighted by molar-refractivity contribution is 8.22. The Morgan fingerprint density at radius 3 is 3.04 bits per heavy atom. The summed E-state index contributed by atoms with van der Waals surface area (Å²) in [7, 11) is 0. The van der Waals surface area contributed by atoms with E-state index in [4.69, 9.17) is 21.2 Å². The first-order valence-corrected chi connectivity index (χ1v) is 8.65. The molecule has 3 aromatic heterocycles. The number of thiocarbonyl (C=S) groups is 1. The van der Waals surface area contributed by atoms with Gasteiger partial charge < -0.3 is 14.3 Å². The normalized spacial score (nSPS) is 10.7. The zero-order valence-electron chi connectivity index (χ0n) is 12.9. The highest BCUT2D eigenvalue weighted by atomic mass is 32.2. The summed E-state index contributed by atoms with van der Waals surface area (Å²) in [6, 6.07) is 5.65. The van der Waals surface area contributed by atoms with Gasteiger partial charge in [0.1, 0.15) is 10.1 Å². The zero-order valence-corrected chi connectivity index (χ0v) is 14.6. The van der Waals surface area contributed by atoms with E-state index in [0.717, 1.165) is 15.6 Å². The molecule has 0 spiro atoms. The Labute approximate surface area is 148 Å². The second kappa shape index (κ2) is 8.02. The molecular formula is C15H15N5O2S2. The first kappa shape index (κ1) is 16.6. The standard InChI is InChI=1S/C15H15N5O2S2/c1-10-7-12(20-22-10)14-19-18-13(21-14)4-6-24-15(23)17-9-11-3-2-5-16-8-11/h2-3,5,7-8H,4,6,9H2,1H3,(H,17,23). The largest absolute Gasteiger partial charge is 0.419 e. The van der Waals surface area contributed by atoms with Crippen LogP contribution in [0, 0.1) is 6.92 Å². The Kier molecular flexibility index (Phi) is 5.55. The Morgan fingerprint density at radius 2 is 2.29 bits per heavy atom. The van der Waals surface area contributed by atoms with Gasteiger partial charge in [-0.05, 0) is 18.6 Å². The molecule has 3 heterocycles. The van der Waals surface area contributed by atoms with Crippen LogP contribution in [0.5, 0.6) is 0 Å². The van der Waals surface area contributed by atoms with Crippen molar-refractivity contribution in [3.63, 3.8) is 0 Å². The van der Waals surface area contributed by atoms with Crippen LogP contribution >= 0.6 is 24.0 Å². The Morgan fingerprint density at radius 1 is 1.38 bits per heavy atom. The topological polar surface area (TPSA) is 89.9 Å². The summed E-state index contributed by atoms with van der Waals surface area (Å²) in [5, 5.41) is 15.0. The van der Waals surface area contributed by atoms with Gasteiger partial charge in [0, 0.05) is 37.2 Å². The third-order valence-corrected chi connectivity index (χ3v) is 4.34. The lowest BCUT2D eigenvalue weighted by Gasteiger charge is -2.06. The SMILES string of the molecule is Cc1cc(-c2nnc(CCSC(=S)NCc3cccnc3)o2)no1. The number of hydrogen-bond donors (Lipinski definition) is 1. The zero-order chi connectivity index (χ0) is 16.8. The average Bonchev–Trinajstić information content (AvgIpc) is 3.23. The van der Waals surface area contributed by atoms with Crippen LogP contribution in [0.3, 0.4) is 0 Å². The Balaban J connectivity index is 1.41. The maximum Gasteiger partial charge on any atom is 0.269 e. The first-order valence-electron chi connectivity index (χ1n) is 7.26. The van der Waals surface area contributed by atoms with E-state index in [2.05, 4.69) is 25.7 Å². The molecule has 0 aromatic carbocycles. The lowest BCUT2D eigenvalue weighted by molar-refractivity contribution is 0.396. The van der Waals surface area contributed by atoms with Crippen molar-refractivity contribution in [3.05, 3.63) is 47.8 Å². The number of rotatable bonds is 6. The molecule has 0 radical (unpaired) electrons. The molecule has 0 unspecified atom stereocenters. The van der Waals surface area contributed by atoms with E-state index in [1.165, 1.54) is 11.8 Å². The molecule has 0 amide bonds. The predicted octanol–water partition coefficient (Wildman–Crippen LogP) is 2.78. The van der Waals surface area contributed by atoms with Crippen molar-refractivity contribution < 1.29 is 8.94 Å². The molecule has 0 saturated carbocycles. The van der Waals surface area contributed by atoms with Crippen LogP contribution < -0.4 is 5.32 Å². The summed E-state index contributed by atoms with van der Waals surface area (Å²) in [6.07, 6.45) is 4.19. The van der Waals surface area contributed by atoms with Crippen molar-refractivity contribution in [2.45, 2.75) is 19.9 Å². The van der Waals surface area contributed by atoms with Crippen LogP contribution in [0.2, 0.25) is 0 Å². The number of pyridine rings is 1. The van der Waals surface area contributed by atoms with Crippen LogP contribution in [-0.4, -0.2) is 30.4 Å². The molecule has 1 N–H and O–H groups in total. The highest BCUT2D eigenvalue weighted by Crippen LogP contribution is 2.18. The molecular weight excluding hydrogens is 346 g/mol. The van der Waals surface area contributed by atoms with Gasteiger partial charge in [-0.25, -0.2) is 0 Å². The monoisotopic (exact) mass is 361 g/mol. The lowest BCUT2D eigenvalue weighted by Crippen LogP contribution is -2.18. The van der Waals surface area contributed by atoms with Gasteiger partial charge in [0.25, 0.3) is 5.89 Å². The number of nitrogens with zero attached hydrogens (tertiary/aromatic N) is 4. The highest BCUT2D eigenvalue weighted by Gasteiger charge is 2.12. The van der Waals surface area contributed by atoms with Gasteiger partial charge in [-0.2, -0.15) is 0 Å². The molecule has 24 heavy (non-hydrogen) atoms. The summed E-state index contributed by atoms with van der Waals surface area (Å²) >= 11 is 6.83. The Bertz CT molecular complexity index is 803. The maximum absolute atomic E-state index is 5.56. The summed E-state index contributed by atoms with van der Waals surface area (Å²) in [5.41, 5.74) is 1.64. The van der Waals surface area contributed by atoms with Crippen molar-refractivity contribution in [3.8, 4) is 11.6 Å². The second-order valence-corrected chi connectivity index (χ2v) is 6.70. The second-order valence-electron chi connectivity index (χ2n) is 4.92. The molecule has 0 aliphatic carbocycles. The van der Waals surface area contributed by atoms with Gasteiger partial charge in [0.15, 0.2) is 5.69 Å². The van der Waals surface area contributed by atoms with E-state index in [-0.39, 0.29) is 0 Å². The van der Waals surface area contributed by atoms with Crippen LogP contribution in [0.4, 0.5) is 0 Å². The van der Waals surface area contributed by atoms with E-state index in [1.807, 2.05) is 25.3 Å². The molecule has 0 saturated heterocycles. The number of hydrogen-bond acceptors (Lipinski definition) is 8. The molecule has 0 atom stereocenters. The maximum atomic E-state index is 5.56. The molecule has 0 aliphatic heterocycles. The predicted molar refractivity (Wildman–Crippen MR) is 94.4 cm³/mol. The molecule has 0 fully saturated rings. The minimum absolute atomic E-state index is 0.365. The summed E-state index contributed by atoms with van der Waals surface area (Å²) in [4.78, 5) is 4.06. The van der Waals surface area contributed by atoms with Gasteiger partial charge in [-0.1, -0.05) is 35.2 Å². The number of nitrogens with one attached hydrogen (secondary N) is 1. The van der Waals surface area contributed by atoms with E-state index in [1.54, 1.807) is 12.3 Å². The number of thioether (sulfide) groups is 1. The van der Waals surface area contributed by atoms with Gasteiger partial charge in [-0.15, -0.1) is 10.2 Å². The molecule has 0 aliphatic rings. The smallest absolute Gasteiger partial charge is 0.269 e. The van der Waals surface area contributed by atoms with Crippen LogP contribution in [0.1, 0.15) is 17.2 Å². The van der Waals surface area contributed by atoms with Crippen molar-refractivity contribution in [2.75, 3.05) is 5.75 Å². The van der Waals surface area contributed by atoms with E-state index < -0.39 is 0 Å². The third kappa shape index (κ3) is 4.62. The molecule has 3 aromatic rings. The summed E-state index contributed by atoms with van der Waals surface area (Å²) in [5.74, 6) is 2.36. The molecule has 0 bridgehead atoms. The summed E-state index contributed by atoms with van der Waals surface area (Å²) in [6.45, 7) is 2.47. The fourth-order valence-electron chi connectivity index (χ4n) is 1.88. The quantitative estimate of drug-likeness (QED) is 0.665. The van der Waals surface area contributed by atoms with Crippen LogP contribution in [-0.2, 0) is 13.0 Å². The number of aryl methyl sites for hydroxylation is 2. The molecule has 3 rings (SSSR count). The lowest BCUT2D eigenvalue weighted by atomic mass is 10.3. The van der Waals surface area contributed by atoms with Gasteiger partial charge >= 0.3 is 0 Å². The van der Waals surface area contributed by atoms with E-state index >= 15 is 0 Å². The minimum atomic E-state index is 0.365. The fourth-order valence-corrected chi connectivity index (χ4v) is 2.84. The van der Waals surface area contributed by atoms with Crippen molar-refractivity contribution in [2.24, 2.45) is 0 Å². The van der Waals surface area contributed by atoms with Gasteiger partial charge in [0.05, 0.1) is 0 Å². The molecule has 124 valence electrons.